The Balaban J connectivity index is 1.75. The second-order valence-corrected chi connectivity index (χ2v) is 5.14. The first-order valence-electron chi connectivity index (χ1n) is 6.80. The van der Waals surface area contributed by atoms with Crippen LogP contribution in [0.4, 0.5) is 0 Å². The molecular weight excluding hydrogens is 252 g/mol. The summed E-state index contributed by atoms with van der Waals surface area (Å²) in [5, 5.41) is 9.31. The maximum Gasteiger partial charge on any atom is 0.311 e. The molecule has 0 radical (unpaired) electrons. The van der Waals surface area contributed by atoms with E-state index in [0.29, 0.717) is 5.92 Å². The fraction of sp³-hybridized carbons (Fsp3) is 0.235. The van der Waals surface area contributed by atoms with E-state index in [4.69, 9.17) is 4.74 Å². The SMILES string of the molecule is O=C(O)C(c1ccc(Oc2ccccc2)cc1)C1CC1. The number of hydrogen-bond donors (Lipinski definition) is 1. The average Bonchev–Trinajstić information content (AvgIpc) is 3.26. The number of carboxylic acids is 1. The van der Waals surface area contributed by atoms with Gasteiger partial charge in [0.1, 0.15) is 11.5 Å². The van der Waals surface area contributed by atoms with Gasteiger partial charge in [0, 0.05) is 0 Å². The van der Waals surface area contributed by atoms with Gasteiger partial charge in [-0.3, -0.25) is 4.79 Å². The Morgan fingerprint density at radius 3 is 2.15 bits per heavy atom. The summed E-state index contributed by atoms with van der Waals surface area (Å²) in [6, 6.07) is 16.9. The fourth-order valence-electron chi connectivity index (χ4n) is 2.41. The van der Waals surface area contributed by atoms with Crippen molar-refractivity contribution < 1.29 is 14.6 Å². The van der Waals surface area contributed by atoms with Gasteiger partial charge in [0.05, 0.1) is 5.92 Å². The van der Waals surface area contributed by atoms with Gasteiger partial charge in [-0.2, -0.15) is 0 Å². The van der Waals surface area contributed by atoms with Crippen LogP contribution in [0.25, 0.3) is 0 Å². The number of benzene rings is 2. The molecule has 1 aliphatic carbocycles. The summed E-state index contributed by atoms with van der Waals surface area (Å²) >= 11 is 0. The van der Waals surface area contributed by atoms with E-state index in [0.717, 1.165) is 29.9 Å². The second-order valence-electron chi connectivity index (χ2n) is 5.14. The van der Waals surface area contributed by atoms with Crippen molar-refractivity contribution in [2.24, 2.45) is 5.92 Å². The molecule has 0 amide bonds. The Bertz CT molecular complexity index is 585. The number of ether oxygens (including phenoxy) is 1. The number of hydrogen-bond acceptors (Lipinski definition) is 2. The van der Waals surface area contributed by atoms with E-state index in [2.05, 4.69) is 0 Å². The fourth-order valence-corrected chi connectivity index (χ4v) is 2.41. The van der Waals surface area contributed by atoms with Crippen LogP contribution in [0.2, 0.25) is 0 Å². The normalized spacial score (nSPS) is 15.6. The molecule has 0 saturated heterocycles. The Morgan fingerprint density at radius 1 is 1.00 bits per heavy atom. The van der Waals surface area contributed by atoms with Crippen molar-refractivity contribution in [1.29, 1.82) is 0 Å². The highest BCUT2D eigenvalue weighted by Gasteiger charge is 2.37. The molecule has 0 bridgehead atoms. The number of carboxylic acid groups (broad SMARTS) is 1. The Labute approximate surface area is 117 Å². The number of rotatable bonds is 5. The highest BCUT2D eigenvalue weighted by molar-refractivity contribution is 5.77. The summed E-state index contributed by atoms with van der Waals surface area (Å²) < 4.78 is 5.70. The molecule has 1 aliphatic rings. The molecule has 102 valence electrons. The molecule has 0 aliphatic heterocycles. The monoisotopic (exact) mass is 268 g/mol. The molecule has 2 aromatic rings. The Kier molecular flexibility index (Phi) is 3.42. The van der Waals surface area contributed by atoms with Gasteiger partial charge in [0.15, 0.2) is 0 Å². The van der Waals surface area contributed by atoms with Gasteiger partial charge in [-0.25, -0.2) is 0 Å². The molecule has 20 heavy (non-hydrogen) atoms. The third-order valence-electron chi connectivity index (χ3n) is 3.58. The molecule has 2 aromatic carbocycles. The number of carbonyl (C=O) groups is 1. The van der Waals surface area contributed by atoms with Crippen LogP contribution < -0.4 is 4.74 Å². The second kappa shape index (κ2) is 5.37. The zero-order chi connectivity index (χ0) is 13.9. The lowest BCUT2D eigenvalue weighted by atomic mass is 9.94. The van der Waals surface area contributed by atoms with Gasteiger partial charge < -0.3 is 9.84 Å². The van der Waals surface area contributed by atoms with E-state index >= 15 is 0 Å². The van der Waals surface area contributed by atoms with Crippen LogP contribution >= 0.6 is 0 Å². The van der Waals surface area contributed by atoms with Crippen molar-refractivity contribution >= 4 is 5.97 Å². The molecular formula is C17H16O3. The van der Waals surface area contributed by atoms with Crippen LogP contribution in [0.1, 0.15) is 24.3 Å². The van der Waals surface area contributed by atoms with Gasteiger partial charge in [0.25, 0.3) is 0 Å². The van der Waals surface area contributed by atoms with Crippen LogP contribution in [-0.4, -0.2) is 11.1 Å². The van der Waals surface area contributed by atoms with Crippen LogP contribution in [0.15, 0.2) is 54.6 Å². The predicted molar refractivity (Wildman–Crippen MR) is 76.1 cm³/mol. The summed E-state index contributed by atoms with van der Waals surface area (Å²) in [6.45, 7) is 0. The van der Waals surface area contributed by atoms with E-state index in [1.54, 1.807) is 0 Å². The van der Waals surface area contributed by atoms with Crippen LogP contribution in [0.3, 0.4) is 0 Å². The lowest BCUT2D eigenvalue weighted by Crippen LogP contribution is -2.13. The van der Waals surface area contributed by atoms with E-state index in [-0.39, 0.29) is 5.92 Å². The van der Waals surface area contributed by atoms with E-state index in [1.807, 2.05) is 54.6 Å². The largest absolute Gasteiger partial charge is 0.481 e. The lowest BCUT2D eigenvalue weighted by molar-refractivity contribution is -0.139. The molecule has 1 atom stereocenters. The molecule has 1 unspecified atom stereocenters. The molecule has 3 rings (SSSR count). The predicted octanol–water partition coefficient (Wildman–Crippen LogP) is 4.06. The Hall–Kier alpha value is -2.29. The van der Waals surface area contributed by atoms with E-state index < -0.39 is 5.97 Å². The smallest absolute Gasteiger partial charge is 0.311 e. The highest BCUT2D eigenvalue weighted by Crippen LogP contribution is 2.43. The van der Waals surface area contributed by atoms with E-state index in [1.165, 1.54) is 0 Å². The lowest BCUT2D eigenvalue weighted by Gasteiger charge is -2.12. The highest BCUT2D eigenvalue weighted by atomic mass is 16.5. The third kappa shape index (κ3) is 2.82. The van der Waals surface area contributed by atoms with E-state index in [9.17, 15) is 9.90 Å². The summed E-state index contributed by atoms with van der Waals surface area (Å²) in [6.07, 6.45) is 2.03. The van der Waals surface area contributed by atoms with Crippen molar-refractivity contribution in [1.82, 2.24) is 0 Å². The molecule has 0 aromatic heterocycles. The van der Waals surface area contributed by atoms with Crippen molar-refractivity contribution in [2.75, 3.05) is 0 Å². The maximum absolute atomic E-state index is 11.3. The maximum atomic E-state index is 11.3. The zero-order valence-corrected chi connectivity index (χ0v) is 11.0. The van der Waals surface area contributed by atoms with Crippen molar-refractivity contribution in [3.05, 3.63) is 60.2 Å². The van der Waals surface area contributed by atoms with Crippen molar-refractivity contribution in [3.63, 3.8) is 0 Å². The van der Waals surface area contributed by atoms with Crippen LogP contribution in [-0.2, 0) is 4.79 Å². The summed E-state index contributed by atoms with van der Waals surface area (Å²) in [5.41, 5.74) is 0.861. The topological polar surface area (TPSA) is 46.5 Å². The molecule has 3 nitrogen and oxygen atoms in total. The van der Waals surface area contributed by atoms with Gasteiger partial charge in [-0.05, 0) is 48.6 Å². The van der Waals surface area contributed by atoms with Crippen LogP contribution in [0, 0.1) is 5.92 Å². The molecule has 0 heterocycles. The first kappa shape index (κ1) is 12.7. The standard InChI is InChI=1S/C17H16O3/c18-17(19)16(12-6-7-12)13-8-10-15(11-9-13)20-14-4-2-1-3-5-14/h1-5,8-12,16H,6-7H2,(H,18,19). The molecule has 3 heteroatoms. The zero-order valence-electron chi connectivity index (χ0n) is 11.0. The van der Waals surface area contributed by atoms with Gasteiger partial charge in [-0.1, -0.05) is 30.3 Å². The van der Waals surface area contributed by atoms with Gasteiger partial charge in [-0.15, -0.1) is 0 Å². The number of para-hydroxylation sites is 1. The molecule has 0 spiro atoms. The average molecular weight is 268 g/mol. The summed E-state index contributed by atoms with van der Waals surface area (Å²) in [4.78, 5) is 11.3. The minimum Gasteiger partial charge on any atom is -0.481 e. The van der Waals surface area contributed by atoms with Crippen LogP contribution in [0.5, 0.6) is 11.5 Å². The van der Waals surface area contributed by atoms with Crippen molar-refractivity contribution in [3.8, 4) is 11.5 Å². The van der Waals surface area contributed by atoms with Crippen molar-refractivity contribution in [2.45, 2.75) is 18.8 Å². The quantitative estimate of drug-likeness (QED) is 0.889. The minimum absolute atomic E-state index is 0.299. The first-order valence-corrected chi connectivity index (χ1v) is 6.80. The molecule has 1 saturated carbocycles. The van der Waals surface area contributed by atoms with Gasteiger partial charge >= 0.3 is 5.97 Å². The minimum atomic E-state index is -0.732. The Morgan fingerprint density at radius 2 is 1.60 bits per heavy atom. The van der Waals surface area contributed by atoms with Gasteiger partial charge in [0.2, 0.25) is 0 Å². The molecule has 1 N–H and O–H groups in total. The molecule has 1 fully saturated rings. The summed E-state index contributed by atoms with van der Waals surface area (Å²) in [5.74, 6) is 0.690. The third-order valence-corrected chi connectivity index (χ3v) is 3.58. The first-order chi connectivity index (χ1) is 9.74. The summed E-state index contributed by atoms with van der Waals surface area (Å²) in [7, 11) is 0. The number of aliphatic carboxylic acids is 1.